The van der Waals surface area contributed by atoms with Crippen molar-refractivity contribution < 1.29 is 28.2 Å². The average molecular weight is 496 g/mol. The fraction of sp³-hybridized carbons (Fsp3) is 0.240. The predicted octanol–water partition coefficient (Wildman–Crippen LogP) is 4.11. The van der Waals surface area contributed by atoms with Crippen LogP contribution in [0.4, 0.5) is 0 Å². The molecule has 182 valence electrons. The fourth-order valence-electron chi connectivity index (χ4n) is 3.59. The number of hydrogen-bond donors (Lipinski definition) is 2. The third kappa shape index (κ3) is 4.69. The quantitative estimate of drug-likeness (QED) is 0.373. The molecular formula is C25H25N3O6S. The van der Waals surface area contributed by atoms with Crippen LogP contribution in [-0.2, 0) is 20.0 Å². The number of carbonyl (C=O) groups is 1. The second-order valence-corrected chi connectivity index (χ2v) is 10.7. The minimum Gasteiger partial charge on any atom is -0.505 e. The SMILES string of the molecule is CCC(C)(C)c1cc(OCC(=O)O)cc(-n2nc3ccc(S(=O)(=O)c4ccccc4)cc3n2)c1O. The Hall–Kier alpha value is -3.92. The lowest BCUT2D eigenvalue weighted by molar-refractivity contribution is -0.139. The van der Waals surface area contributed by atoms with Gasteiger partial charge in [0.1, 0.15) is 28.2 Å². The first-order chi connectivity index (χ1) is 16.5. The van der Waals surface area contributed by atoms with Gasteiger partial charge >= 0.3 is 5.97 Å². The van der Waals surface area contributed by atoms with Gasteiger partial charge in [0.25, 0.3) is 0 Å². The maximum atomic E-state index is 13.0. The largest absolute Gasteiger partial charge is 0.505 e. The third-order valence-corrected chi connectivity index (χ3v) is 7.74. The van der Waals surface area contributed by atoms with Gasteiger partial charge < -0.3 is 14.9 Å². The number of aliphatic carboxylic acids is 1. The summed E-state index contributed by atoms with van der Waals surface area (Å²) in [6, 6.07) is 15.6. The first-order valence-corrected chi connectivity index (χ1v) is 12.4. The van der Waals surface area contributed by atoms with Crippen molar-refractivity contribution in [3.05, 3.63) is 66.2 Å². The first-order valence-electron chi connectivity index (χ1n) is 10.9. The van der Waals surface area contributed by atoms with E-state index in [2.05, 4.69) is 10.2 Å². The van der Waals surface area contributed by atoms with Crippen molar-refractivity contribution in [2.75, 3.05) is 6.61 Å². The molecule has 0 amide bonds. The van der Waals surface area contributed by atoms with Crippen LogP contribution in [0.15, 0.2) is 70.5 Å². The average Bonchev–Trinajstić information content (AvgIpc) is 3.27. The van der Waals surface area contributed by atoms with E-state index < -0.39 is 27.8 Å². The maximum absolute atomic E-state index is 13.0. The van der Waals surface area contributed by atoms with Gasteiger partial charge in [0.2, 0.25) is 9.84 Å². The molecule has 0 unspecified atom stereocenters. The van der Waals surface area contributed by atoms with Crippen molar-refractivity contribution in [2.24, 2.45) is 0 Å². The minimum absolute atomic E-state index is 0.0684. The van der Waals surface area contributed by atoms with E-state index >= 15 is 0 Å². The van der Waals surface area contributed by atoms with Crippen LogP contribution in [0.25, 0.3) is 16.7 Å². The van der Waals surface area contributed by atoms with Gasteiger partial charge in [-0.3, -0.25) is 0 Å². The smallest absolute Gasteiger partial charge is 0.341 e. The number of phenols is 1. The number of phenolic OH excluding ortho intramolecular Hbond substituents is 1. The molecule has 10 heteroatoms. The number of sulfone groups is 1. The number of aromatic hydroxyl groups is 1. The van der Waals surface area contributed by atoms with Crippen LogP contribution in [0.1, 0.15) is 32.8 Å². The summed E-state index contributed by atoms with van der Waals surface area (Å²) >= 11 is 0. The van der Waals surface area contributed by atoms with Crippen LogP contribution in [0.3, 0.4) is 0 Å². The second kappa shape index (κ2) is 9.03. The number of fused-ring (bicyclic) bond motifs is 1. The van der Waals surface area contributed by atoms with Crippen LogP contribution in [0, 0.1) is 0 Å². The molecule has 0 spiro atoms. The molecule has 4 rings (SSSR count). The van der Waals surface area contributed by atoms with Crippen molar-refractivity contribution in [3.8, 4) is 17.2 Å². The fourth-order valence-corrected chi connectivity index (χ4v) is 4.89. The van der Waals surface area contributed by atoms with Gasteiger partial charge in [-0.2, -0.15) is 0 Å². The van der Waals surface area contributed by atoms with Crippen LogP contribution in [0.2, 0.25) is 0 Å². The molecule has 0 aliphatic carbocycles. The van der Waals surface area contributed by atoms with E-state index in [4.69, 9.17) is 9.84 Å². The summed E-state index contributed by atoms with van der Waals surface area (Å²) < 4.78 is 31.4. The van der Waals surface area contributed by atoms with Gasteiger partial charge in [-0.1, -0.05) is 39.0 Å². The van der Waals surface area contributed by atoms with E-state index in [1.54, 1.807) is 30.3 Å². The number of ether oxygens (including phenoxy) is 1. The molecule has 0 radical (unpaired) electrons. The Balaban J connectivity index is 1.83. The predicted molar refractivity (Wildman–Crippen MR) is 129 cm³/mol. The van der Waals surface area contributed by atoms with E-state index in [1.165, 1.54) is 35.1 Å². The summed E-state index contributed by atoms with van der Waals surface area (Å²) in [5.74, 6) is -0.964. The first kappa shape index (κ1) is 24.2. The molecule has 3 aromatic carbocycles. The van der Waals surface area contributed by atoms with Crippen molar-refractivity contribution in [3.63, 3.8) is 0 Å². The summed E-state index contributed by atoms with van der Waals surface area (Å²) in [5.41, 5.74) is 1.02. The van der Waals surface area contributed by atoms with Gasteiger partial charge in [-0.25, -0.2) is 13.2 Å². The summed E-state index contributed by atoms with van der Waals surface area (Å²) in [6.45, 7) is 5.31. The topological polar surface area (TPSA) is 132 Å². The normalized spacial score (nSPS) is 12.1. The molecule has 0 bridgehead atoms. The molecule has 35 heavy (non-hydrogen) atoms. The monoisotopic (exact) mass is 495 g/mol. The summed E-state index contributed by atoms with van der Waals surface area (Å²) in [4.78, 5) is 12.4. The Bertz CT molecular complexity index is 1510. The molecule has 0 aliphatic heterocycles. The highest BCUT2D eigenvalue weighted by molar-refractivity contribution is 7.91. The molecule has 0 aliphatic rings. The number of carboxylic acid groups (broad SMARTS) is 1. The van der Waals surface area contributed by atoms with E-state index in [0.717, 1.165) is 0 Å². The van der Waals surface area contributed by atoms with Crippen LogP contribution >= 0.6 is 0 Å². The third-order valence-electron chi connectivity index (χ3n) is 5.97. The number of benzene rings is 3. The Labute approximate surface area is 202 Å². The van der Waals surface area contributed by atoms with Crippen molar-refractivity contribution in [1.82, 2.24) is 15.0 Å². The lowest BCUT2D eigenvalue weighted by Crippen LogP contribution is -2.18. The molecular weight excluding hydrogens is 470 g/mol. The Morgan fingerprint density at radius 1 is 1.00 bits per heavy atom. The van der Waals surface area contributed by atoms with Gasteiger partial charge in [-0.05, 0) is 48.2 Å². The second-order valence-electron chi connectivity index (χ2n) is 8.71. The highest BCUT2D eigenvalue weighted by atomic mass is 32.2. The van der Waals surface area contributed by atoms with Crippen molar-refractivity contribution in [2.45, 2.75) is 42.4 Å². The Kier molecular flexibility index (Phi) is 6.25. The van der Waals surface area contributed by atoms with Gasteiger partial charge in [0, 0.05) is 11.6 Å². The Morgan fingerprint density at radius 3 is 2.34 bits per heavy atom. The number of carboxylic acids is 1. The molecule has 4 aromatic rings. The highest BCUT2D eigenvalue weighted by Gasteiger charge is 2.27. The number of nitrogens with zero attached hydrogens (tertiary/aromatic N) is 3. The number of hydrogen-bond acceptors (Lipinski definition) is 7. The van der Waals surface area contributed by atoms with E-state index in [9.17, 15) is 18.3 Å². The molecule has 1 heterocycles. The summed E-state index contributed by atoms with van der Waals surface area (Å²) in [5, 5.41) is 28.9. The highest BCUT2D eigenvalue weighted by Crippen LogP contribution is 2.40. The molecule has 2 N–H and O–H groups in total. The van der Waals surface area contributed by atoms with Crippen LogP contribution in [0.5, 0.6) is 11.5 Å². The van der Waals surface area contributed by atoms with E-state index in [0.29, 0.717) is 23.0 Å². The van der Waals surface area contributed by atoms with E-state index in [-0.39, 0.29) is 27.0 Å². The lowest BCUT2D eigenvalue weighted by Gasteiger charge is -2.26. The number of aromatic nitrogens is 3. The molecule has 0 saturated carbocycles. The van der Waals surface area contributed by atoms with Crippen LogP contribution < -0.4 is 4.74 Å². The number of rotatable bonds is 8. The molecule has 1 aromatic heterocycles. The van der Waals surface area contributed by atoms with Crippen molar-refractivity contribution in [1.29, 1.82) is 0 Å². The zero-order chi connectivity index (χ0) is 25.4. The summed E-state index contributed by atoms with van der Waals surface area (Å²) in [6.07, 6.45) is 0.692. The van der Waals surface area contributed by atoms with Gasteiger partial charge in [0.05, 0.1) is 9.79 Å². The molecule has 0 saturated heterocycles. The molecule has 9 nitrogen and oxygen atoms in total. The van der Waals surface area contributed by atoms with Gasteiger partial charge in [0.15, 0.2) is 6.61 Å². The molecule has 0 atom stereocenters. The van der Waals surface area contributed by atoms with Gasteiger partial charge in [-0.15, -0.1) is 15.0 Å². The standard InChI is InChI=1S/C25H25N3O6S/c1-4-25(2,3)19-12-16(34-15-23(29)30)13-22(24(19)31)28-26-20-11-10-18(14-21(20)27-28)35(32,33)17-8-6-5-7-9-17/h5-14,31H,4,15H2,1-3H3,(H,29,30). The Morgan fingerprint density at radius 2 is 1.69 bits per heavy atom. The maximum Gasteiger partial charge on any atom is 0.341 e. The van der Waals surface area contributed by atoms with Crippen molar-refractivity contribution >= 4 is 26.8 Å². The summed E-state index contributed by atoms with van der Waals surface area (Å²) in [7, 11) is -3.75. The molecule has 0 fully saturated rings. The lowest BCUT2D eigenvalue weighted by atomic mass is 9.81. The zero-order valence-electron chi connectivity index (χ0n) is 19.5. The van der Waals surface area contributed by atoms with E-state index in [1.807, 2.05) is 20.8 Å². The zero-order valence-corrected chi connectivity index (χ0v) is 20.3. The van der Waals surface area contributed by atoms with Crippen LogP contribution in [-0.4, -0.2) is 46.2 Å². The minimum atomic E-state index is -3.75.